The molecule has 1 aromatic rings. The van der Waals surface area contributed by atoms with Crippen molar-refractivity contribution in [2.75, 3.05) is 39.4 Å². The number of benzene rings is 1. The lowest BCUT2D eigenvalue weighted by atomic mass is 9.92. The van der Waals surface area contributed by atoms with Crippen molar-refractivity contribution in [3.8, 4) is 0 Å². The second kappa shape index (κ2) is 9.12. The van der Waals surface area contributed by atoms with Crippen LogP contribution in [0.15, 0.2) is 30.3 Å². The molecule has 0 spiro atoms. The first-order valence-electron chi connectivity index (χ1n) is 10.6. The van der Waals surface area contributed by atoms with Crippen LogP contribution in [0.25, 0.3) is 0 Å². The molecule has 0 aliphatic carbocycles. The van der Waals surface area contributed by atoms with Crippen molar-refractivity contribution in [2.24, 2.45) is 11.8 Å². The van der Waals surface area contributed by atoms with Gasteiger partial charge in [0.15, 0.2) is 6.29 Å². The Kier molecular flexibility index (Phi) is 6.53. The predicted octanol–water partition coefficient (Wildman–Crippen LogP) is 1.84. The normalized spacial score (nSPS) is 23.5. The third kappa shape index (κ3) is 4.99. The van der Waals surface area contributed by atoms with Gasteiger partial charge in [0.1, 0.15) is 0 Å². The zero-order valence-electron chi connectivity index (χ0n) is 16.7. The molecular weight excluding hydrogens is 392 g/mol. The van der Waals surface area contributed by atoms with Crippen LogP contribution in [-0.4, -0.2) is 69.2 Å². The zero-order chi connectivity index (χ0) is 20.3. The van der Waals surface area contributed by atoms with Crippen molar-refractivity contribution in [3.05, 3.63) is 35.9 Å². The van der Waals surface area contributed by atoms with Gasteiger partial charge in [-0.1, -0.05) is 30.3 Å². The fraction of sp³-hybridized carbons (Fsp3) is 0.667. The lowest BCUT2D eigenvalue weighted by molar-refractivity contribution is -0.142. The fourth-order valence-corrected chi connectivity index (χ4v) is 6.12. The van der Waals surface area contributed by atoms with Gasteiger partial charge in [-0.15, -0.1) is 0 Å². The lowest BCUT2D eigenvalue weighted by Crippen LogP contribution is -2.47. The highest BCUT2D eigenvalue weighted by Crippen LogP contribution is 2.29. The molecule has 160 valence electrons. The third-order valence-electron chi connectivity index (χ3n) is 6.27. The molecular formula is C21H30N2O5S. The number of rotatable bonds is 5. The minimum absolute atomic E-state index is 0.0191. The number of ether oxygens (including phenoxy) is 2. The molecule has 29 heavy (non-hydrogen) atoms. The van der Waals surface area contributed by atoms with Crippen LogP contribution >= 0.6 is 0 Å². The van der Waals surface area contributed by atoms with Gasteiger partial charge in [-0.05, 0) is 31.2 Å². The highest BCUT2D eigenvalue weighted by Gasteiger charge is 2.36. The molecule has 0 bridgehead atoms. The molecule has 1 amide bonds. The molecule has 3 fully saturated rings. The average Bonchev–Trinajstić information content (AvgIpc) is 3.29. The summed E-state index contributed by atoms with van der Waals surface area (Å²) in [5, 5.41) is 0. The van der Waals surface area contributed by atoms with E-state index in [9.17, 15) is 13.2 Å². The van der Waals surface area contributed by atoms with Crippen LogP contribution in [0.1, 0.15) is 31.2 Å². The van der Waals surface area contributed by atoms with Gasteiger partial charge >= 0.3 is 0 Å². The van der Waals surface area contributed by atoms with Crippen LogP contribution < -0.4 is 0 Å². The highest BCUT2D eigenvalue weighted by atomic mass is 32.2. The SMILES string of the molecule is O=C(C1CCN(S(=O)(=O)Cc2ccccc2)CC1)N1CCC(C2OCCO2)CC1. The molecule has 3 aliphatic heterocycles. The predicted molar refractivity (Wildman–Crippen MR) is 108 cm³/mol. The highest BCUT2D eigenvalue weighted by molar-refractivity contribution is 7.88. The number of carbonyl (C=O) groups is 1. The first-order chi connectivity index (χ1) is 14.0. The summed E-state index contributed by atoms with van der Waals surface area (Å²) in [4.78, 5) is 14.9. The van der Waals surface area contributed by atoms with Crippen molar-refractivity contribution in [3.63, 3.8) is 0 Å². The molecule has 4 rings (SSSR count). The van der Waals surface area contributed by atoms with Crippen LogP contribution in [0.3, 0.4) is 0 Å². The summed E-state index contributed by atoms with van der Waals surface area (Å²) >= 11 is 0. The molecule has 0 N–H and O–H groups in total. The Balaban J connectivity index is 1.25. The van der Waals surface area contributed by atoms with E-state index in [1.807, 2.05) is 35.2 Å². The van der Waals surface area contributed by atoms with Crippen LogP contribution in [-0.2, 0) is 30.0 Å². The summed E-state index contributed by atoms with van der Waals surface area (Å²) in [5.41, 5.74) is 0.795. The van der Waals surface area contributed by atoms with Crippen LogP contribution in [0.4, 0.5) is 0 Å². The lowest BCUT2D eigenvalue weighted by Gasteiger charge is -2.37. The summed E-state index contributed by atoms with van der Waals surface area (Å²) in [5.74, 6) is 0.489. The molecule has 0 atom stereocenters. The Morgan fingerprint density at radius 1 is 0.931 bits per heavy atom. The minimum Gasteiger partial charge on any atom is -0.350 e. The number of hydrogen-bond donors (Lipinski definition) is 0. The topological polar surface area (TPSA) is 76.2 Å². The second-order valence-electron chi connectivity index (χ2n) is 8.19. The number of nitrogens with zero attached hydrogens (tertiary/aromatic N) is 2. The van der Waals surface area contributed by atoms with Gasteiger partial charge in [0.05, 0.1) is 19.0 Å². The van der Waals surface area contributed by atoms with Gasteiger partial charge in [0.2, 0.25) is 15.9 Å². The number of carbonyl (C=O) groups excluding carboxylic acids is 1. The third-order valence-corrected chi connectivity index (χ3v) is 8.12. The molecule has 3 saturated heterocycles. The van der Waals surface area contributed by atoms with E-state index < -0.39 is 10.0 Å². The monoisotopic (exact) mass is 422 g/mol. The van der Waals surface area contributed by atoms with Crippen LogP contribution in [0.5, 0.6) is 0 Å². The number of sulfonamides is 1. The Labute approximate surface area is 173 Å². The number of piperidine rings is 2. The summed E-state index contributed by atoms with van der Waals surface area (Å²) in [7, 11) is -3.35. The van der Waals surface area contributed by atoms with E-state index in [0.717, 1.165) is 31.5 Å². The first-order valence-corrected chi connectivity index (χ1v) is 12.2. The maximum Gasteiger partial charge on any atom is 0.225 e. The summed E-state index contributed by atoms with van der Waals surface area (Å²) in [6, 6.07) is 9.25. The molecule has 1 aromatic carbocycles. The second-order valence-corrected chi connectivity index (χ2v) is 10.2. The van der Waals surface area contributed by atoms with E-state index in [-0.39, 0.29) is 23.9 Å². The molecule has 3 aliphatic rings. The zero-order valence-corrected chi connectivity index (χ0v) is 17.6. The number of hydrogen-bond acceptors (Lipinski definition) is 5. The van der Waals surface area contributed by atoms with E-state index in [4.69, 9.17) is 9.47 Å². The van der Waals surface area contributed by atoms with E-state index in [0.29, 0.717) is 45.1 Å². The maximum absolute atomic E-state index is 12.9. The fourth-order valence-electron chi connectivity index (χ4n) is 4.56. The number of amides is 1. The van der Waals surface area contributed by atoms with E-state index in [1.54, 1.807) is 4.31 Å². The summed E-state index contributed by atoms with van der Waals surface area (Å²) in [6.07, 6.45) is 2.90. The summed E-state index contributed by atoms with van der Waals surface area (Å²) < 4.78 is 38.2. The van der Waals surface area contributed by atoms with Crippen molar-refractivity contribution in [2.45, 2.75) is 37.7 Å². The van der Waals surface area contributed by atoms with Gasteiger partial charge < -0.3 is 14.4 Å². The van der Waals surface area contributed by atoms with Crippen molar-refractivity contribution in [1.82, 2.24) is 9.21 Å². The Morgan fingerprint density at radius 3 is 2.17 bits per heavy atom. The minimum atomic E-state index is -3.35. The molecule has 0 radical (unpaired) electrons. The molecule has 0 unspecified atom stereocenters. The average molecular weight is 423 g/mol. The molecule has 8 heteroatoms. The van der Waals surface area contributed by atoms with Gasteiger partial charge in [-0.3, -0.25) is 4.79 Å². The van der Waals surface area contributed by atoms with Gasteiger partial charge in [0, 0.05) is 38.0 Å². The van der Waals surface area contributed by atoms with E-state index in [1.165, 1.54) is 0 Å². The van der Waals surface area contributed by atoms with Crippen LogP contribution in [0, 0.1) is 11.8 Å². The van der Waals surface area contributed by atoms with E-state index in [2.05, 4.69) is 0 Å². The van der Waals surface area contributed by atoms with Gasteiger partial charge in [-0.25, -0.2) is 12.7 Å². The van der Waals surface area contributed by atoms with Crippen molar-refractivity contribution in [1.29, 1.82) is 0 Å². The number of likely N-dealkylation sites (tertiary alicyclic amines) is 1. The molecule has 0 saturated carbocycles. The maximum atomic E-state index is 12.9. The Morgan fingerprint density at radius 2 is 1.55 bits per heavy atom. The Bertz CT molecular complexity index is 779. The largest absolute Gasteiger partial charge is 0.350 e. The van der Waals surface area contributed by atoms with Gasteiger partial charge in [-0.2, -0.15) is 0 Å². The quantitative estimate of drug-likeness (QED) is 0.724. The van der Waals surface area contributed by atoms with Gasteiger partial charge in [0.25, 0.3) is 0 Å². The smallest absolute Gasteiger partial charge is 0.225 e. The Hall–Kier alpha value is -1.48. The first kappa shape index (κ1) is 20.8. The van der Waals surface area contributed by atoms with E-state index >= 15 is 0 Å². The van der Waals surface area contributed by atoms with Crippen molar-refractivity contribution >= 4 is 15.9 Å². The standard InChI is InChI=1S/C21H30N2O5S/c24-20(22-10-6-19(7-11-22)21-27-14-15-28-21)18-8-12-23(13-9-18)29(25,26)16-17-4-2-1-3-5-17/h1-5,18-19,21H,6-16H2. The summed E-state index contributed by atoms with van der Waals surface area (Å²) in [6.45, 7) is 3.64. The molecule has 7 nitrogen and oxygen atoms in total. The molecule has 3 heterocycles. The van der Waals surface area contributed by atoms with Crippen LogP contribution in [0.2, 0.25) is 0 Å². The van der Waals surface area contributed by atoms with Crippen molar-refractivity contribution < 1.29 is 22.7 Å². The molecule has 0 aromatic heterocycles.